The fourth-order valence-corrected chi connectivity index (χ4v) is 4.42. The number of aryl methyl sites for hydroxylation is 1. The van der Waals surface area contributed by atoms with E-state index in [0.717, 1.165) is 36.8 Å². The zero-order valence-electron chi connectivity index (χ0n) is 16.1. The zero-order chi connectivity index (χ0) is 18.5. The van der Waals surface area contributed by atoms with Gasteiger partial charge in [0.1, 0.15) is 0 Å². The largest absolute Gasteiger partial charge is 0.350 e. The highest BCUT2D eigenvalue weighted by atomic mass is 16.1. The van der Waals surface area contributed by atoms with Gasteiger partial charge in [-0.2, -0.15) is 5.10 Å². The minimum absolute atomic E-state index is 0.0493. The van der Waals surface area contributed by atoms with Crippen LogP contribution in [0.25, 0.3) is 0 Å². The lowest BCUT2D eigenvalue weighted by atomic mass is 9.94. The highest BCUT2D eigenvalue weighted by Gasteiger charge is 2.24. The van der Waals surface area contributed by atoms with Crippen molar-refractivity contribution in [3.63, 3.8) is 0 Å². The maximum Gasteiger partial charge on any atom is 0.224 e. The van der Waals surface area contributed by atoms with Crippen LogP contribution < -0.4 is 5.32 Å². The number of carbonyl (C=O) groups is 1. The minimum Gasteiger partial charge on any atom is -0.350 e. The Bertz CT molecular complexity index is 749. The van der Waals surface area contributed by atoms with Crippen molar-refractivity contribution in [3.8, 4) is 0 Å². The molecule has 0 saturated heterocycles. The Morgan fingerprint density at radius 1 is 1.07 bits per heavy atom. The van der Waals surface area contributed by atoms with E-state index in [1.54, 1.807) is 0 Å². The van der Waals surface area contributed by atoms with Crippen LogP contribution in [-0.4, -0.2) is 33.2 Å². The molecular weight excluding hydrogens is 336 g/mol. The smallest absolute Gasteiger partial charge is 0.224 e. The van der Waals surface area contributed by atoms with Crippen LogP contribution in [-0.2, 0) is 30.8 Å². The van der Waals surface area contributed by atoms with E-state index in [1.165, 1.54) is 44.3 Å². The SMILES string of the molecule is O=C(Cc1ccccc1)NCc1cc2n(n1)CCCN(C1CCCCC1)C2. The first-order valence-electron chi connectivity index (χ1n) is 10.4. The average Bonchev–Trinajstić information content (AvgIpc) is 2.98. The van der Waals surface area contributed by atoms with Gasteiger partial charge in [0.2, 0.25) is 5.91 Å². The van der Waals surface area contributed by atoms with Crippen LogP contribution in [0.4, 0.5) is 0 Å². The van der Waals surface area contributed by atoms with Crippen LogP contribution in [0.2, 0.25) is 0 Å². The van der Waals surface area contributed by atoms with Gasteiger partial charge >= 0.3 is 0 Å². The van der Waals surface area contributed by atoms with Crippen LogP contribution >= 0.6 is 0 Å². The van der Waals surface area contributed by atoms with E-state index in [2.05, 4.69) is 21.0 Å². The van der Waals surface area contributed by atoms with Gasteiger partial charge < -0.3 is 5.32 Å². The lowest BCUT2D eigenvalue weighted by molar-refractivity contribution is -0.120. The van der Waals surface area contributed by atoms with Gasteiger partial charge in [-0.25, -0.2) is 0 Å². The summed E-state index contributed by atoms with van der Waals surface area (Å²) in [5, 5.41) is 7.76. The Kier molecular flexibility index (Phi) is 5.87. The second-order valence-electron chi connectivity index (χ2n) is 7.91. The summed E-state index contributed by atoms with van der Waals surface area (Å²) in [4.78, 5) is 14.9. The second kappa shape index (κ2) is 8.70. The van der Waals surface area contributed by atoms with E-state index in [4.69, 9.17) is 5.10 Å². The predicted molar refractivity (Wildman–Crippen MR) is 106 cm³/mol. The number of amides is 1. The van der Waals surface area contributed by atoms with E-state index >= 15 is 0 Å². The molecule has 1 N–H and O–H groups in total. The van der Waals surface area contributed by atoms with Gasteiger partial charge in [0.05, 0.1) is 24.4 Å². The molecule has 0 radical (unpaired) electrons. The molecule has 1 amide bonds. The molecule has 144 valence electrons. The molecule has 1 aliphatic carbocycles. The third-order valence-electron chi connectivity index (χ3n) is 5.86. The number of nitrogens with zero attached hydrogens (tertiary/aromatic N) is 3. The number of hydrogen-bond donors (Lipinski definition) is 1. The summed E-state index contributed by atoms with van der Waals surface area (Å²) in [5.41, 5.74) is 3.31. The van der Waals surface area contributed by atoms with Crippen LogP contribution in [0.5, 0.6) is 0 Å². The van der Waals surface area contributed by atoms with E-state index in [9.17, 15) is 4.79 Å². The summed E-state index contributed by atoms with van der Waals surface area (Å²) < 4.78 is 2.15. The second-order valence-corrected chi connectivity index (χ2v) is 7.91. The number of hydrogen-bond acceptors (Lipinski definition) is 3. The van der Waals surface area contributed by atoms with Crippen molar-refractivity contribution < 1.29 is 4.79 Å². The third-order valence-corrected chi connectivity index (χ3v) is 5.86. The molecule has 27 heavy (non-hydrogen) atoms. The number of nitrogens with one attached hydrogen (secondary N) is 1. The lowest BCUT2D eigenvalue weighted by Gasteiger charge is -2.33. The summed E-state index contributed by atoms with van der Waals surface area (Å²) >= 11 is 0. The topological polar surface area (TPSA) is 50.2 Å². The molecule has 1 saturated carbocycles. The van der Waals surface area contributed by atoms with E-state index in [1.807, 2.05) is 30.3 Å². The quantitative estimate of drug-likeness (QED) is 0.883. The molecule has 5 heteroatoms. The molecule has 2 heterocycles. The molecule has 4 rings (SSSR count). The molecule has 0 unspecified atom stereocenters. The first kappa shape index (κ1) is 18.2. The number of benzene rings is 1. The molecule has 2 aromatic rings. The van der Waals surface area contributed by atoms with Crippen LogP contribution in [0.1, 0.15) is 55.5 Å². The van der Waals surface area contributed by atoms with Gasteiger partial charge in [-0.3, -0.25) is 14.4 Å². The van der Waals surface area contributed by atoms with E-state index < -0.39 is 0 Å². The molecular formula is C22H30N4O. The van der Waals surface area contributed by atoms with Gasteiger partial charge in [0, 0.05) is 25.7 Å². The minimum atomic E-state index is 0.0493. The molecule has 1 aliphatic heterocycles. The van der Waals surface area contributed by atoms with E-state index in [-0.39, 0.29) is 5.91 Å². The molecule has 2 aliphatic rings. The van der Waals surface area contributed by atoms with Crippen LogP contribution in [0.15, 0.2) is 36.4 Å². The Balaban J connectivity index is 1.34. The summed E-state index contributed by atoms with van der Waals surface area (Å²) in [6.45, 7) is 3.67. The Labute approximate surface area is 161 Å². The van der Waals surface area contributed by atoms with Gasteiger partial charge in [0.15, 0.2) is 0 Å². The summed E-state index contributed by atoms with van der Waals surface area (Å²) in [5.74, 6) is 0.0493. The van der Waals surface area contributed by atoms with Crippen molar-refractivity contribution in [3.05, 3.63) is 53.3 Å². The Hall–Kier alpha value is -2.14. The normalized spacial score (nSPS) is 18.7. The molecule has 0 spiro atoms. The monoisotopic (exact) mass is 366 g/mol. The molecule has 1 fully saturated rings. The van der Waals surface area contributed by atoms with Gasteiger partial charge in [-0.1, -0.05) is 49.6 Å². The van der Waals surface area contributed by atoms with Gasteiger partial charge in [-0.05, 0) is 30.9 Å². The molecule has 5 nitrogen and oxygen atoms in total. The highest BCUT2D eigenvalue weighted by molar-refractivity contribution is 5.78. The maximum atomic E-state index is 12.2. The predicted octanol–water partition coefficient (Wildman–Crippen LogP) is 3.28. The van der Waals surface area contributed by atoms with Crippen molar-refractivity contribution in [1.82, 2.24) is 20.0 Å². The van der Waals surface area contributed by atoms with E-state index in [0.29, 0.717) is 13.0 Å². The number of fused-ring (bicyclic) bond motifs is 1. The lowest BCUT2D eigenvalue weighted by Crippen LogP contribution is -2.36. The molecule has 1 aromatic heterocycles. The van der Waals surface area contributed by atoms with Crippen molar-refractivity contribution in [1.29, 1.82) is 0 Å². The van der Waals surface area contributed by atoms with Crippen molar-refractivity contribution in [2.75, 3.05) is 6.54 Å². The third kappa shape index (κ3) is 4.78. The fraction of sp³-hybridized carbons (Fsp3) is 0.545. The fourth-order valence-electron chi connectivity index (χ4n) is 4.42. The van der Waals surface area contributed by atoms with Crippen molar-refractivity contribution in [2.45, 2.75) is 70.6 Å². The maximum absolute atomic E-state index is 12.2. The number of rotatable bonds is 5. The zero-order valence-corrected chi connectivity index (χ0v) is 16.1. The van der Waals surface area contributed by atoms with Gasteiger partial charge in [-0.15, -0.1) is 0 Å². The molecule has 0 atom stereocenters. The Morgan fingerprint density at radius 2 is 1.89 bits per heavy atom. The number of carbonyl (C=O) groups excluding carboxylic acids is 1. The van der Waals surface area contributed by atoms with Crippen molar-refractivity contribution in [2.24, 2.45) is 0 Å². The van der Waals surface area contributed by atoms with Gasteiger partial charge in [0.25, 0.3) is 0 Å². The number of aromatic nitrogens is 2. The summed E-state index contributed by atoms with van der Waals surface area (Å²) in [6.07, 6.45) is 8.41. The molecule has 0 bridgehead atoms. The highest BCUT2D eigenvalue weighted by Crippen LogP contribution is 2.26. The van der Waals surface area contributed by atoms with Crippen LogP contribution in [0.3, 0.4) is 0 Å². The first-order chi connectivity index (χ1) is 13.3. The molecule has 1 aromatic carbocycles. The standard InChI is InChI=1S/C22H30N4O/c27-22(14-18-8-3-1-4-9-18)23-16-19-15-21-17-25(12-7-13-26(21)24-19)20-10-5-2-6-11-20/h1,3-4,8-9,15,20H,2,5-7,10-14,16-17H2,(H,23,27). The first-order valence-corrected chi connectivity index (χ1v) is 10.4. The average molecular weight is 367 g/mol. The van der Waals surface area contributed by atoms with Crippen LogP contribution in [0, 0.1) is 0 Å². The van der Waals surface area contributed by atoms with Crippen molar-refractivity contribution >= 4 is 5.91 Å². The summed E-state index contributed by atoms with van der Waals surface area (Å²) in [7, 11) is 0. The summed E-state index contributed by atoms with van der Waals surface area (Å²) in [6, 6.07) is 12.8. The Morgan fingerprint density at radius 3 is 2.70 bits per heavy atom.